The van der Waals surface area contributed by atoms with Gasteiger partial charge in [-0.3, -0.25) is 4.90 Å². The lowest BCUT2D eigenvalue weighted by Crippen LogP contribution is -2.38. The SMILES string of the molecule is OC(COc1ccc(CN2CCc3ccccc3C2)cc1)CN1CCCCC1. The summed E-state index contributed by atoms with van der Waals surface area (Å²) in [5, 5.41) is 10.2. The number of fused-ring (bicyclic) bond motifs is 1. The van der Waals surface area contributed by atoms with E-state index in [2.05, 4.69) is 46.2 Å². The van der Waals surface area contributed by atoms with Gasteiger partial charge in [-0.2, -0.15) is 0 Å². The average Bonchev–Trinajstić information content (AvgIpc) is 2.74. The van der Waals surface area contributed by atoms with Gasteiger partial charge >= 0.3 is 0 Å². The van der Waals surface area contributed by atoms with Gasteiger partial charge in [0.25, 0.3) is 0 Å². The maximum atomic E-state index is 10.2. The highest BCUT2D eigenvalue weighted by molar-refractivity contribution is 5.30. The zero-order valence-corrected chi connectivity index (χ0v) is 16.7. The summed E-state index contributed by atoms with van der Waals surface area (Å²) >= 11 is 0. The molecule has 0 spiro atoms. The molecule has 0 radical (unpaired) electrons. The van der Waals surface area contributed by atoms with E-state index in [-0.39, 0.29) is 0 Å². The fourth-order valence-electron chi connectivity index (χ4n) is 4.32. The van der Waals surface area contributed by atoms with Gasteiger partial charge in [-0.25, -0.2) is 0 Å². The Hall–Kier alpha value is -1.88. The zero-order chi connectivity index (χ0) is 19.2. The maximum absolute atomic E-state index is 10.2. The van der Waals surface area contributed by atoms with Crippen molar-refractivity contribution in [2.45, 2.75) is 44.9 Å². The Labute approximate surface area is 168 Å². The van der Waals surface area contributed by atoms with Gasteiger partial charge < -0.3 is 14.7 Å². The number of aliphatic hydroxyl groups is 1. The van der Waals surface area contributed by atoms with Crippen LogP contribution in [0.3, 0.4) is 0 Å². The number of benzene rings is 2. The van der Waals surface area contributed by atoms with Gasteiger partial charge in [0.2, 0.25) is 0 Å². The van der Waals surface area contributed by atoms with Crippen LogP contribution in [0.15, 0.2) is 48.5 Å². The molecule has 2 aliphatic heterocycles. The minimum Gasteiger partial charge on any atom is -0.491 e. The minimum atomic E-state index is -0.425. The number of aliphatic hydroxyl groups excluding tert-OH is 1. The third-order valence-electron chi connectivity index (χ3n) is 5.90. The maximum Gasteiger partial charge on any atom is 0.119 e. The van der Waals surface area contributed by atoms with Crippen LogP contribution in [-0.2, 0) is 19.5 Å². The third-order valence-corrected chi connectivity index (χ3v) is 5.90. The largest absolute Gasteiger partial charge is 0.491 e. The van der Waals surface area contributed by atoms with Crippen molar-refractivity contribution >= 4 is 0 Å². The molecule has 1 fully saturated rings. The summed E-state index contributed by atoms with van der Waals surface area (Å²) in [5.74, 6) is 0.838. The van der Waals surface area contributed by atoms with Crippen molar-refractivity contribution in [3.63, 3.8) is 0 Å². The molecule has 2 heterocycles. The Kier molecular flexibility index (Phi) is 6.63. The van der Waals surface area contributed by atoms with Crippen molar-refractivity contribution in [3.8, 4) is 5.75 Å². The molecular weight excluding hydrogens is 348 g/mol. The molecule has 4 heteroatoms. The third kappa shape index (κ3) is 5.34. The quantitative estimate of drug-likeness (QED) is 0.798. The number of hydrogen-bond donors (Lipinski definition) is 1. The van der Waals surface area contributed by atoms with E-state index >= 15 is 0 Å². The van der Waals surface area contributed by atoms with E-state index in [4.69, 9.17) is 4.74 Å². The molecule has 0 bridgehead atoms. The van der Waals surface area contributed by atoms with E-state index in [0.717, 1.165) is 44.9 Å². The molecule has 4 rings (SSSR count). The Morgan fingerprint density at radius 2 is 1.61 bits per heavy atom. The summed E-state index contributed by atoms with van der Waals surface area (Å²) in [5.41, 5.74) is 4.25. The van der Waals surface area contributed by atoms with E-state index in [9.17, 15) is 5.11 Å². The predicted molar refractivity (Wildman–Crippen MR) is 112 cm³/mol. The molecular formula is C24H32N2O2. The number of piperidine rings is 1. The smallest absolute Gasteiger partial charge is 0.119 e. The van der Waals surface area contributed by atoms with E-state index < -0.39 is 6.10 Å². The summed E-state index contributed by atoms with van der Waals surface area (Å²) in [4.78, 5) is 4.85. The summed E-state index contributed by atoms with van der Waals surface area (Å²) in [7, 11) is 0. The molecule has 1 saturated heterocycles. The van der Waals surface area contributed by atoms with Crippen molar-refractivity contribution < 1.29 is 9.84 Å². The molecule has 0 aliphatic carbocycles. The highest BCUT2D eigenvalue weighted by atomic mass is 16.5. The lowest BCUT2D eigenvalue weighted by atomic mass is 9.99. The van der Waals surface area contributed by atoms with Crippen molar-refractivity contribution in [2.24, 2.45) is 0 Å². The second-order valence-electron chi connectivity index (χ2n) is 8.20. The van der Waals surface area contributed by atoms with Crippen molar-refractivity contribution in [2.75, 3.05) is 32.8 Å². The first-order valence-corrected chi connectivity index (χ1v) is 10.7. The minimum absolute atomic E-state index is 0.360. The molecule has 4 nitrogen and oxygen atoms in total. The van der Waals surface area contributed by atoms with Crippen LogP contribution in [0.2, 0.25) is 0 Å². The first-order valence-electron chi connectivity index (χ1n) is 10.7. The van der Waals surface area contributed by atoms with Crippen LogP contribution in [0, 0.1) is 0 Å². The molecule has 2 aliphatic rings. The topological polar surface area (TPSA) is 35.9 Å². The van der Waals surface area contributed by atoms with Crippen LogP contribution in [0.4, 0.5) is 0 Å². The predicted octanol–water partition coefficient (Wildman–Crippen LogP) is 3.47. The molecule has 2 aromatic rings. The van der Waals surface area contributed by atoms with Gasteiger partial charge in [0.05, 0.1) is 0 Å². The normalized spacial score (nSPS) is 19.2. The van der Waals surface area contributed by atoms with Crippen molar-refractivity contribution in [1.29, 1.82) is 0 Å². The van der Waals surface area contributed by atoms with Gasteiger partial charge in [0.1, 0.15) is 18.5 Å². The second kappa shape index (κ2) is 9.55. The molecule has 0 aromatic heterocycles. The monoisotopic (exact) mass is 380 g/mol. The van der Waals surface area contributed by atoms with Crippen molar-refractivity contribution in [1.82, 2.24) is 9.80 Å². The number of rotatable bonds is 7. The lowest BCUT2D eigenvalue weighted by molar-refractivity contribution is 0.0617. The van der Waals surface area contributed by atoms with E-state index in [0.29, 0.717) is 13.2 Å². The van der Waals surface area contributed by atoms with Gasteiger partial charge in [-0.1, -0.05) is 42.8 Å². The molecule has 2 aromatic carbocycles. The Bertz CT molecular complexity index is 741. The molecule has 150 valence electrons. The van der Waals surface area contributed by atoms with Gasteiger partial charge in [0, 0.05) is 26.2 Å². The molecule has 1 atom stereocenters. The molecule has 0 amide bonds. The Morgan fingerprint density at radius 3 is 2.39 bits per heavy atom. The summed E-state index contributed by atoms with van der Waals surface area (Å²) in [6.45, 7) is 6.38. The van der Waals surface area contributed by atoms with E-state index in [1.807, 2.05) is 12.1 Å². The number of hydrogen-bond acceptors (Lipinski definition) is 4. The lowest BCUT2D eigenvalue weighted by Gasteiger charge is -2.29. The number of ether oxygens (including phenoxy) is 1. The fourth-order valence-corrected chi connectivity index (χ4v) is 4.32. The number of nitrogens with zero attached hydrogens (tertiary/aromatic N) is 2. The first kappa shape index (κ1) is 19.4. The fraction of sp³-hybridized carbons (Fsp3) is 0.500. The van der Waals surface area contributed by atoms with Gasteiger partial charge in [-0.05, 0) is 61.2 Å². The summed E-state index contributed by atoms with van der Waals surface area (Å²) in [6, 6.07) is 17.1. The first-order chi connectivity index (χ1) is 13.8. The number of likely N-dealkylation sites (tertiary alicyclic amines) is 1. The van der Waals surface area contributed by atoms with Crippen LogP contribution in [-0.4, -0.2) is 53.8 Å². The van der Waals surface area contributed by atoms with Crippen molar-refractivity contribution in [3.05, 3.63) is 65.2 Å². The van der Waals surface area contributed by atoms with Crippen LogP contribution >= 0.6 is 0 Å². The number of β-amino-alcohol motifs (C(OH)–C–C–N with tert-alkyl or cyclic N) is 1. The zero-order valence-electron chi connectivity index (χ0n) is 16.7. The van der Waals surface area contributed by atoms with Crippen LogP contribution in [0.5, 0.6) is 5.75 Å². The molecule has 0 saturated carbocycles. The van der Waals surface area contributed by atoms with E-state index in [1.165, 1.54) is 36.0 Å². The van der Waals surface area contributed by atoms with E-state index in [1.54, 1.807) is 0 Å². The summed E-state index contributed by atoms with van der Waals surface area (Å²) < 4.78 is 5.81. The Balaban J connectivity index is 1.23. The molecule has 28 heavy (non-hydrogen) atoms. The Morgan fingerprint density at radius 1 is 0.857 bits per heavy atom. The summed E-state index contributed by atoms with van der Waals surface area (Å²) in [6.07, 6.45) is 4.52. The van der Waals surface area contributed by atoms with Crippen LogP contribution in [0.1, 0.15) is 36.0 Å². The highest BCUT2D eigenvalue weighted by Gasteiger charge is 2.16. The van der Waals surface area contributed by atoms with Crippen LogP contribution < -0.4 is 4.74 Å². The van der Waals surface area contributed by atoms with Crippen LogP contribution in [0.25, 0.3) is 0 Å². The molecule has 1 unspecified atom stereocenters. The highest BCUT2D eigenvalue weighted by Crippen LogP contribution is 2.21. The molecule has 1 N–H and O–H groups in total. The second-order valence-corrected chi connectivity index (χ2v) is 8.20. The average molecular weight is 381 g/mol. The van der Waals surface area contributed by atoms with Gasteiger partial charge in [-0.15, -0.1) is 0 Å². The van der Waals surface area contributed by atoms with Gasteiger partial charge in [0.15, 0.2) is 0 Å². The standard InChI is InChI=1S/C24H32N2O2/c27-23(18-25-13-4-1-5-14-25)19-28-24-10-8-20(9-11-24)16-26-15-12-21-6-2-3-7-22(21)17-26/h2-3,6-11,23,27H,1,4-5,12-19H2.